The first-order valence-electron chi connectivity index (χ1n) is 17.9. The van der Waals surface area contributed by atoms with Gasteiger partial charge in [0, 0.05) is 20.9 Å². The van der Waals surface area contributed by atoms with E-state index in [0.29, 0.717) is 53.4 Å². The maximum Gasteiger partial charge on any atom is 0.416 e. The maximum absolute atomic E-state index is 14.6. The van der Waals surface area contributed by atoms with Crippen molar-refractivity contribution in [2.45, 2.75) is 51.4 Å². The van der Waals surface area contributed by atoms with Crippen LogP contribution in [0.5, 0.6) is 0 Å². The number of aromatic nitrogens is 4. The minimum Gasteiger partial charge on any atom is -0.481 e. The van der Waals surface area contributed by atoms with Gasteiger partial charge in [0.25, 0.3) is 0 Å². The molecule has 8 rings (SSSR count). The Hall–Kier alpha value is -6.40. The van der Waals surface area contributed by atoms with Crippen molar-refractivity contribution in [3.63, 3.8) is 0 Å². The number of benzene rings is 4. The normalized spacial score (nSPS) is 12.7. The molecule has 10 nitrogen and oxygen atoms in total. The Bertz CT molecular complexity index is 2950. The van der Waals surface area contributed by atoms with Crippen molar-refractivity contribution in [3.05, 3.63) is 140 Å². The predicted molar refractivity (Wildman–Crippen MR) is 209 cm³/mol. The summed E-state index contributed by atoms with van der Waals surface area (Å²) < 4.78 is 94.7. The largest absolute Gasteiger partial charge is 0.481 e. The number of nitrogens with zero attached hydrogens (tertiary/aromatic N) is 4. The lowest BCUT2D eigenvalue weighted by atomic mass is 9.86. The van der Waals surface area contributed by atoms with Gasteiger partial charge in [-0.1, -0.05) is 36.4 Å². The molecule has 0 fully saturated rings. The summed E-state index contributed by atoms with van der Waals surface area (Å²) in [6.07, 6.45) is -9.33. The van der Waals surface area contributed by atoms with Crippen molar-refractivity contribution < 1.29 is 55.0 Å². The number of aryl methyl sites for hydroxylation is 2. The van der Waals surface area contributed by atoms with Crippen LogP contribution in [0.3, 0.4) is 0 Å². The highest BCUT2D eigenvalue weighted by molar-refractivity contribution is 7.15. The third kappa shape index (κ3) is 8.11. The van der Waals surface area contributed by atoms with Crippen molar-refractivity contribution in [2.24, 2.45) is 0 Å². The highest BCUT2D eigenvalue weighted by atomic mass is 32.1. The number of hydrogen-bond donors (Lipinski definition) is 2. The summed E-state index contributed by atoms with van der Waals surface area (Å²) in [5.74, 6) is -3.84. The van der Waals surface area contributed by atoms with E-state index < -0.39 is 46.9 Å². The van der Waals surface area contributed by atoms with Gasteiger partial charge in [-0.2, -0.15) is 26.3 Å². The van der Waals surface area contributed by atoms with Gasteiger partial charge in [-0.25, -0.2) is 19.9 Å². The summed E-state index contributed by atoms with van der Waals surface area (Å²) in [4.78, 5) is 43.7. The Morgan fingerprint density at radius 3 is 1.93 bits per heavy atom. The van der Waals surface area contributed by atoms with Gasteiger partial charge in [0.1, 0.15) is 27.0 Å². The molecular formula is C42H28F6N4O6S2. The molecular weight excluding hydrogens is 835 g/mol. The monoisotopic (exact) mass is 862 g/mol. The molecule has 4 aromatic carbocycles. The number of halogens is 6. The second-order valence-electron chi connectivity index (χ2n) is 13.8. The number of fused-ring (bicyclic) bond motifs is 2. The second-order valence-corrected chi connectivity index (χ2v) is 16.0. The predicted octanol–water partition coefficient (Wildman–Crippen LogP) is 10.9. The molecule has 0 aliphatic heterocycles. The summed E-state index contributed by atoms with van der Waals surface area (Å²) in [6.45, 7) is 3.45. The van der Waals surface area contributed by atoms with E-state index in [-0.39, 0.29) is 53.3 Å². The molecule has 0 radical (unpaired) electrons. The molecule has 0 saturated heterocycles. The highest BCUT2D eigenvalue weighted by Gasteiger charge is 2.38. The van der Waals surface area contributed by atoms with Gasteiger partial charge in [-0.15, -0.1) is 22.7 Å². The van der Waals surface area contributed by atoms with Crippen molar-refractivity contribution in [3.8, 4) is 21.1 Å². The van der Waals surface area contributed by atoms with Crippen LogP contribution in [-0.2, 0) is 41.2 Å². The molecule has 0 aliphatic carbocycles. The average molecular weight is 863 g/mol. The van der Waals surface area contributed by atoms with Crippen LogP contribution in [0.15, 0.2) is 87.7 Å². The van der Waals surface area contributed by atoms with Gasteiger partial charge < -0.3 is 19.0 Å². The lowest BCUT2D eigenvalue weighted by Crippen LogP contribution is -2.19. The van der Waals surface area contributed by atoms with E-state index in [9.17, 15) is 46.1 Å². The molecule has 60 heavy (non-hydrogen) atoms. The van der Waals surface area contributed by atoms with E-state index in [1.807, 2.05) is 0 Å². The minimum atomic E-state index is -4.91. The Morgan fingerprint density at radius 1 is 0.700 bits per heavy atom. The van der Waals surface area contributed by atoms with Crippen LogP contribution in [0.25, 0.3) is 43.3 Å². The number of para-hydroxylation sites is 1. The summed E-state index contributed by atoms with van der Waals surface area (Å²) in [6, 6.07) is 17.0. The minimum absolute atomic E-state index is 0.0188. The Morgan fingerprint density at radius 2 is 1.32 bits per heavy atom. The number of aliphatic carboxylic acids is 2. The summed E-state index contributed by atoms with van der Waals surface area (Å²) in [5.41, 5.74) is 1.25. The van der Waals surface area contributed by atoms with Gasteiger partial charge in [0.2, 0.25) is 11.8 Å². The molecule has 1 unspecified atom stereocenters. The molecule has 0 saturated carbocycles. The van der Waals surface area contributed by atoms with E-state index in [1.165, 1.54) is 65.1 Å². The Labute approximate surface area is 342 Å². The first-order chi connectivity index (χ1) is 28.4. The van der Waals surface area contributed by atoms with Crippen LogP contribution >= 0.6 is 22.7 Å². The van der Waals surface area contributed by atoms with Gasteiger partial charge >= 0.3 is 24.3 Å². The Kier molecular flexibility index (Phi) is 10.3. The zero-order valence-corrected chi connectivity index (χ0v) is 32.7. The number of hydrogen-bond acceptors (Lipinski definition) is 10. The van der Waals surface area contributed by atoms with Gasteiger partial charge in [-0.3, -0.25) is 9.59 Å². The fourth-order valence-electron chi connectivity index (χ4n) is 6.84. The summed E-state index contributed by atoms with van der Waals surface area (Å²) >= 11 is 2.42. The zero-order valence-electron chi connectivity index (χ0n) is 31.1. The molecule has 4 aromatic heterocycles. The molecule has 8 aromatic rings. The molecule has 0 amide bonds. The van der Waals surface area contributed by atoms with E-state index in [2.05, 4.69) is 19.9 Å². The molecule has 306 valence electrons. The van der Waals surface area contributed by atoms with Gasteiger partial charge in [0.15, 0.2) is 11.2 Å². The number of rotatable bonds is 11. The maximum atomic E-state index is 14.6. The standard InChI is InChI=1S/C42H28F6N4O6S2/c1-19-31(59-38(49-19)21-6-10-25(11-7-21)41(43,44)45)17-33-51-28-15-22(9-13-29(28)57-33)36(40(55)56)26-14-24(8-12-27(26)42(46,47)48)39-50-20(2)32(60-39)18-34-52-37-23(16-35(53)54)4-3-5-30(37)58-34/h3-15,36H,16-18H2,1-2H3,(H,53,54)(H,55,56). The third-order valence-electron chi connectivity index (χ3n) is 9.71. The number of carbonyl (C=O) groups is 2. The van der Waals surface area contributed by atoms with Gasteiger partial charge in [-0.05, 0) is 73.0 Å². The van der Waals surface area contributed by atoms with Crippen LogP contribution in [0, 0.1) is 13.8 Å². The van der Waals surface area contributed by atoms with Crippen molar-refractivity contribution in [2.75, 3.05) is 0 Å². The summed E-state index contributed by atoms with van der Waals surface area (Å²) in [5, 5.41) is 20.6. The first kappa shape index (κ1) is 40.4. The molecule has 2 N–H and O–H groups in total. The molecule has 18 heteroatoms. The third-order valence-corrected chi connectivity index (χ3v) is 12.1. The quantitative estimate of drug-likeness (QED) is 0.120. The van der Waals surface area contributed by atoms with Crippen LogP contribution in [0.1, 0.15) is 66.7 Å². The van der Waals surface area contributed by atoms with Crippen molar-refractivity contribution in [1.82, 2.24) is 19.9 Å². The summed E-state index contributed by atoms with van der Waals surface area (Å²) in [7, 11) is 0. The highest BCUT2D eigenvalue weighted by Crippen LogP contribution is 2.42. The molecule has 0 bridgehead atoms. The van der Waals surface area contributed by atoms with Crippen LogP contribution in [-0.4, -0.2) is 42.1 Å². The van der Waals surface area contributed by atoms with Crippen LogP contribution in [0.2, 0.25) is 0 Å². The number of carboxylic acids is 2. The average Bonchev–Trinajstić information content (AvgIpc) is 3.96. The lowest BCUT2D eigenvalue weighted by molar-refractivity contribution is -0.141. The number of thiazole rings is 2. The lowest BCUT2D eigenvalue weighted by Gasteiger charge is -2.20. The van der Waals surface area contributed by atoms with E-state index in [4.69, 9.17) is 8.83 Å². The van der Waals surface area contributed by atoms with Crippen molar-refractivity contribution in [1.29, 1.82) is 0 Å². The zero-order chi connectivity index (χ0) is 42.7. The number of alkyl halides is 6. The van der Waals surface area contributed by atoms with Gasteiger partial charge in [0.05, 0.1) is 41.8 Å². The van der Waals surface area contributed by atoms with Crippen molar-refractivity contribution >= 4 is 56.8 Å². The number of oxazole rings is 2. The molecule has 0 aliphatic rings. The number of carboxylic acid groups (broad SMARTS) is 2. The van der Waals surface area contributed by atoms with E-state index in [0.717, 1.165) is 18.2 Å². The molecule has 0 spiro atoms. The van der Waals surface area contributed by atoms with Crippen LogP contribution < -0.4 is 0 Å². The smallest absolute Gasteiger partial charge is 0.416 e. The Balaban J connectivity index is 1.08. The topological polar surface area (TPSA) is 152 Å². The van der Waals surface area contributed by atoms with E-state index in [1.54, 1.807) is 32.0 Å². The van der Waals surface area contributed by atoms with Crippen LogP contribution in [0.4, 0.5) is 26.3 Å². The fraction of sp³-hybridized carbons (Fsp3) is 0.190. The first-order valence-corrected chi connectivity index (χ1v) is 19.6. The molecule has 4 heterocycles. The molecule has 1 atom stereocenters. The SMILES string of the molecule is Cc1nc(-c2ccc(C(F)(F)F)cc2)sc1Cc1nc2cc(C(C(=O)O)c3cc(-c4nc(C)c(Cc5nc6c(CC(=O)O)cccc6o5)s4)ccc3C(F)(F)F)ccc2o1. The van der Waals surface area contributed by atoms with E-state index >= 15 is 0 Å². The second kappa shape index (κ2) is 15.3. The fourth-order valence-corrected chi connectivity index (χ4v) is 8.94.